The van der Waals surface area contributed by atoms with Gasteiger partial charge in [0, 0.05) is 16.6 Å². The molecule has 0 spiro atoms. The zero-order chi connectivity index (χ0) is 18.4. The van der Waals surface area contributed by atoms with Crippen LogP contribution in [0.15, 0.2) is 22.6 Å². The van der Waals surface area contributed by atoms with E-state index in [0.717, 1.165) is 5.69 Å². The third-order valence-electron chi connectivity index (χ3n) is 3.16. The number of carboxylic acid groups (broad SMARTS) is 1. The van der Waals surface area contributed by atoms with Crippen LogP contribution in [0.4, 0.5) is 0 Å². The van der Waals surface area contributed by atoms with Gasteiger partial charge in [0.05, 0.1) is 26.9 Å². The molecule has 132 valence electrons. The van der Waals surface area contributed by atoms with Crippen molar-refractivity contribution in [3.8, 4) is 11.5 Å². The highest BCUT2D eigenvalue weighted by molar-refractivity contribution is 7.09. The van der Waals surface area contributed by atoms with Crippen molar-refractivity contribution in [3.05, 3.63) is 39.3 Å². The lowest BCUT2D eigenvalue weighted by Crippen LogP contribution is -2.20. The van der Waals surface area contributed by atoms with Crippen molar-refractivity contribution in [2.45, 2.75) is 13.3 Å². The Labute approximate surface area is 148 Å². The molecule has 0 unspecified atom stereocenters. The van der Waals surface area contributed by atoms with Crippen molar-refractivity contribution < 1.29 is 24.2 Å². The molecule has 0 radical (unpaired) electrons. The van der Waals surface area contributed by atoms with Crippen LogP contribution in [0.3, 0.4) is 0 Å². The maximum absolute atomic E-state index is 11.8. The molecule has 0 saturated carbocycles. The Bertz CT molecular complexity index is 816. The van der Waals surface area contributed by atoms with Gasteiger partial charge in [0.15, 0.2) is 11.5 Å². The minimum Gasteiger partial charge on any atom is -0.493 e. The predicted molar refractivity (Wildman–Crippen MR) is 92.8 cm³/mol. The van der Waals surface area contributed by atoms with Crippen LogP contribution >= 0.6 is 11.3 Å². The summed E-state index contributed by atoms with van der Waals surface area (Å²) in [7, 11) is 2.76. The zero-order valence-corrected chi connectivity index (χ0v) is 14.7. The Morgan fingerprint density at radius 1 is 1.36 bits per heavy atom. The molecule has 0 aliphatic carbocycles. The molecule has 1 amide bonds. The number of methoxy groups -OCH3 is 2. The number of carboxylic acids is 1. The summed E-state index contributed by atoms with van der Waals surface area (Å²) in [6.07, 6.45) is 1.35. The van der Waals surface area contributed by atoms with Crippen LogP contribution in [0.2, 0.25) is 0 Å². The fourth-order valence-electron chi connectivity index (χ4n) is 2.10. The first-order valence-electron chi connectivity index (χ1n) is 7.17. The number of aromatic nitrogens is 1. The van der Waals surface area contributed by atoms with Crippen molar-refractivity contribution in [2.75, 3.05) is 14.2 Å². The molecule has 0 bridgehead atoms. The Morgan fingerprint density at radius 2 is 2.12 bits per heavy atom. The van der Waals surface area contributed by atoms with Crippen LogP contribution < -0.4 is 14.9 Å². The number of aromatic carboxylic acids is 1. The van der Waals surface area contributed by atoms with Gasteiger partial charge in [-0.2, -0.15) is 5.10 Å². The molecule has 1 heterocycles. The molecule has 0 atom stereocenters. The monoisotopic (exact) mass is 363 g/mol. The molecule has 1 aromatic heterocycles. The van der Waals surface area contributed by atoms with Gasteiger partial charge in [-0.1, -0.05) is 0 Å². The Morgan fingerprint density at radius 3 is 2.68 bits per heavy atom. The third-order valence-corrected chi connectivity index (χ3v) is 4.13. The Kier molecular flexibility index (Phi) is 6.07. The van der Waals surface area contributed by atoms with E-state index in [2.05, 4.69) is 15.5 Å². The smallest absolute Gasteiger partial charge is 0.340 e. The number of thiazole rings is 1. The van der Waals surface area contributed by atoms with Crippen LogP contribution in [0, 0.1) is 6.92 Å². The van der Waals surface area contributed by atoms with Crippen LogP contribution in [0.1, 0.15) is 26.6 Å². The summed E-state index contributed by atoms with van der Waals surface area (Å²) < 4.78 is 10.2. The third kappa shape index (κ3) is 4.54. The summed E-state index contributed by atoms with van der Waals surface area (Å²) in [5, 5.41) is 15.8. The second-order valence-electron chi connectivity index (χ2n) is 4.92. The predicted octanol–water partition coefficient (Wildman–Crippen LogP) is 1.86. The number of carbonyl (C=O) groups excluding carboxylic acids is 1. The number of nitrogens with one attached hydrogen (secondary N) is 1. The molecule has 2 N–H and O–H groups in total. The van der Waals surface area contributed by atoms with Gasteiger partial charge in [-0.3, -0.25) is 4.79 Å². The van der Waals surface area contributed by atoms with Crippen molar-refractivity contribution in [1.82, 2.24) is 10.4 Å². The van der Waals surface area contributed by atoms with Gasteiger partial charge in [-0.05, 0) is 19.1 Å². The maximum Gasteiger partial charge on any atom is 0.340 e. The topological polar surface area (TPSA) is 110 Å². The highest BCUT2D eigenvalue weighted by Gasteiger charge is 2.20. The first kappa shape index (κ1) is 18.4. The van der Waals surface area contributed by atoms with E-state index in [-0.39, 0.29) is 29.2 Å². The van der Waals surface area contributed by atoms with Crippen LogP contribution in [-0.2, 0) is 11.2 Å². The van der Waals surface area contributed by atoms with E-state index in [1.807, 2.05) is 12.3 Å². The number of amides is 1. The molecule has 0 fully saturated rings. The average Bonchev–Trinajstić information content (AvgIpc) is 2.98. The van der Waals surface area contributed by atoms with Crippen LogP contribution in [0.5, 0.6) is 11.5 Å². The number of aryl methyl sites for hydroxylation is 1. The fraction of sp³-hybridized carbons (Fsp3) is 0.250. The van der Waals surface area contributed by atoms with Crippen molar-refractivity contribution in [3.63, 3.8) is 0 Å². The summed E-state index contributed by atoms with van der Waals surface area (Å²) in [5.74, 6) is -1.16. The molecular formula is C16H17N3O5S. The zero-order valence-electron chi connectivity index (χ0n) is 13.9. The molecule has 2 aromatic rings. The molecule has 9 heteroatoms. The fourth-order valence-corrected chi connectivity index (χ4v) is 2.88. The van der Waals surface area contributed by atoms with E-state index < -0.39 is 5.97 Å². The highest BCUT2D eigenvalue weighted by atomic mass is 32.1. The number of hydrogen-bond donors (Lipinski definition) is 2. The standard InChI is InChI=1S/C16H17N3O5S/c1-9-8-25-13(18-9)6-12(20)19-17-7-10-4-5-11(23-2)15(24-3)14(10)16(21)22/h4-5,7-8H,6H2,1-3H3,(H,19,20)(H,21,22)/b17-7-. The molecule has 1 aromatic carbocycles. The molecule has 0 saturated heterocycles. The normalized spacial score (nSPS) is 10.7. The molecular weight excluding hydrogens is 346 g/mol. The van der Waals surface area contributed by atoms with Crippen LogP contribution in [0.25, 0.3) is 0 Å². The van der Waals surface area contributed by atoms with E-state index in [1.54, 1.807) is 6.07 Å². The van der Waals surface area contributed by atoms with E-state index >= 15 is 0 Å². The Hall–Kier alpha value is -2.94. The molecule has 8 nitrogen and oxygen atoms in total. The van der Waals surface area contributed by atoms with Gasteiger partial charge in [-0.25, -0.2) is 15.2 Å². The van der Waals surface area contributed by atoms with Crippen molar-refractivity contribution in [2.24, 2.45) is 5.10 Å². The number of nitrogens with zero attached hydrogens (tertiary/aromatic N) is 2. The number of hydrogen-bond acceptors (Lipinski definition) is 7. The van der Waals surface area contributed by atoms with E-state index in [0.29, 0.717) is 10.8 Å². The number of ether oxygens (including phenoxy) is 2. The molecule has 25 heavy (non-hydrogen) atoms. The first-order valence-corrected chi connectivity index (χ1v) is 8.05. The van der Waals surface area contributed by atoms with Gasteiger partial charge in [0.1, 0.15) is 10.6 Å². The molecule has 0 aliphatic heterocycles. The minimum atomic E-state index is -1.19. The SMILES string of the molecule is COc1ccc(/C=N\NC(=O)Cc2nc(C)cs2)c(C(=O)O)c1OC. The first-order chi connectivity index (χ1) is 12.0. The number of carbonyl (C=O) groups is 2. The minimum absolute atomic E-state index is 0.0866. The van der Waals surface area contributed by atoms with Gasteiger partial charge in [0.2, 0.25) is 5.91 Å². The van der Waals surface area contributed by atoms with Gasteiger partial charge >= 0.3 is 5.97 Å². The summed E-state index contributed by atoms with van der Waals surface area (Å²) >= 11 is 1.39. The average molecular weight is 363 g/mol. The summed E-state index contributed by atoms with van der Waals surface area (Å²) in [4.78, 5) is 27.5. The van der Waals surface area contributed by atoms with E-state index in [1.165, 1.54) is 37.8 Å². The summed E-state index contributed by atoms with van der Waals surface area (Å²) in [6.45, 7) is 1.85. The van der Waals surface area contributed by atoms with Crippen molar-refractivity contribution >= 4 is 29.4 Å². The lowest BCUT2D eigenvalue weighted by molar-refractivity contribution is -0.120. The van der Waals surface area contributed by atoms with E-state index in [4.69, 9.17) is 9.47 Å². The lowest BCUT2D eigenvalue weighted by atomic mass is 10.1. The summed E-state index contributed by atoms with van der Waals surface area (Å²) in [5.41, 5.74) is 3.38. The quantitative estimate of drug-likeness (QED) is 0.574. The number of rotatable bonds is 7. The second-order valence-corrected chi connectivity index (χ2v) is 5.87. The van der Waals surface area contributed by atoms with Crippen LogP contribution in [-0.4, -0.2) is 42.4 Å². The van der Waals surface area contributed by atoms with Gasteiger partial charge in [-0.15, -0.1) is 11.3 Å². The summed E-state index contributed by atoms with van der Waals surface area (Å²) in [6, 6.07) is 3.08. The maximum atomic E-state index is 11.8. The molecule has 0 aliphatic rings. The Balaban J connectivity index is 2.14. The van der Waals surface area contributed by atoms with Gasteiger partial charge in [0.25, 0.3) is 0 Å². The number of benzene rings is 1. The van der Waals surface area contributed by atoms with Gasteiger partial charge < -0.3 is 14.6 Å². The largest absolute Gasteiger partial charge is 0.493 e. The second kappa shape index (κ2) is 8.25. The van der Waals surface area contributed by atoms with Crippen molar-refractivity contribution in [1.29, 1.82) is 0 Å². The highest BCUT2D eigenvalue weighted by Crippen LogP contribution is 2.32. The molecule has 2 rings (SSSR count). The van der Waals surface area contributed by atoms with E-state index in [9.17, 15) is 14.7 Å². The lowest BCUT2D eigenvalue weighted by Gasteiger charge is -2.12. The number of hydrazone groups is 1.